The van der Waals surface area contributed by atoms with Gasteiger partial charge in [0.05, 0.1) is 12.3 Å². The minimum atomic E-state index is -1.34. The second kappa shape index (κ2) is 14.8. The van der Waals surface area contributed by atoms with Gasteiger partial charge in [0.2, 0.25) is 0 Å². The van der Waals surface area contributed by atoms with E-state index < -0.39 is 11.5 Å². The molecule has 1 atom stereocenters. The summed E-state index contributed by atoms with van der Waals surface area (Å²) in [6, 6.07) is 72.0. The summed E-state index contributed by atoms with van der Waals surface area (Å²) in [4.78, 5) is 4.51. The lowest BCUT2D eigenvalue weighted by atomic mass is 9.67. The van der Waals surface area contributed by atoms with Gasteiger partial charge in [0.25, 0.3) is 0 Å². The summed E-state index contributed by atoms with van der Waals surface area (Å²) in [5, 5.41) is 4.43. The van der Waals surface area contributed by atoms with Crippen LogP contribution < -0.4 is 9.80 Å². The molecule has 1 aliphatic rings. The summed E-state index contributed by atoms with van der Waals surface area (Å²) in [7, 11) is 0. The van der Waals surface area contributed by atoms with Crippen molar-refractivity contribution >= 4 is 76.4 Å². The van der Waals surface area contributed by atoms with Gasteiger partial charge in [-0.05, 0) is 135 Å². The van der Waals surface area contributed by atoms with Gasteiger partial charge in [-0.1, -0.05) is 152 Å². The lowest BCUT2D eigenvalue weighted by Crippen LogP contribution is -2.28. The maximum atomic E-state index is 9.77. The number of benzene rings is 10. The van der Waals surface area contributed by atoms with E-state index in [2.05, 4.69) is 168 Å². The molecule has 0 radical (unpaired) electrons. The molecule has 1 aliphatic carbocycles. The van der Waals surface area contributed by atoms with Crippen molar-refractivity contribution in [3.8, 4) is 11.1 Å². The van der Waals surface area contributed by atoms with Gasteiger partial charge < -0.3 is 9.80 Å². The third-order valence-corrected chi connectivity index (χ3v) is 13.5. The van der Waals surface area contributed by atoms with Crippen molar-refractivity contribution in [1.29, 1.82) is 0 Å². The van der Waals surface area contributed by atoms with Crippen LogP contribution >= 0.6 is 11.3 Å². The molecular weight excluding hydrogens is 769 g/mol. The first kappa shape index (κ1) is 31.2. The molecule has 62 heavy (non-hydrogen) atoms. The molecule has 10 aromatic carbocycles. The van der Waals surface area contributed by atoms with Gasteiger partial charge in [-0.3, -0.25) is 0 Å². The first-order valence-corrected chi connectivity index (χ1v) is 21.7. The zero-order valence-corrected chi connectivity index (χ0v) is 34.3. The van der Waals surface area contributed by atoms with E-state index in [9.17, 15) is 2.74 Å². The summed E-state index contributed by atoms with van der Waals surface area (Å²) in [5.41, 5.74) is 8.94. The van der Waals surface area contributed by atoms with Gasteiger partial charge >= 0.3 is 0 Å². The number of anilines is 6. The van der Waals surface area contributed by atoms with Crippen LogP contribution in [-0.4, -0.2) is 0 Å². The van der Waals surface area contributed by atoms with Gasteiger partial charge in [-0.25, -0.2) is 0 Å². The fourth-order valence-corrected chi connectivity index (χ4v) is 10.7. The lowest BCUT2D eigenvalue weighted by Gasteiger charge is -2.34. The third-order valence-electron chi connectivity index (χ3n) is 12.3. The van der Waals surface area contributed by atoms with E-state index in [-0.39, 0.29) is 29.7 Å². The van der Waals surface area contributed by atoms with E-state index in [4.69, 9.17) is 4.11 Å². The van der Waals surface area contributed by atoms with Crippen LogP contribution in [0.1, 0.15) is 29.1 Å². The Hall–Kier alpha value is -7.72. The molecule has 0 fully saturated rings. The van der Waals surface area contributed by atoms with Crippen molar-refractivity contribution in [2.24, 2.45) is 0 Å². The van der Waals surface area contributed by atoms with E-state index in [1.54, 1.807) is 11.3 Å². The van der Waals surface area contributed by atoms with Crippen LogP contribution in [0.15, 0.2) is 243 Å². The Bertz CT molecular complexity index is 3660. The molecule has 0 spiro atoms. The molecule has 0 aliphatic heterocycles. The predicted molar refractivity (Wildman–Crippen MR) is 264 cm³/mol. The van der Waals surface area contributed by atoms with Gasteiger partial charge in [0, 0.05) is 54.3 Å². The van der Waals surface area contributed by atoms with Crippen LogP contribution in [0.3, 0.4) is 0 Å². The number of hydrogen-bond acceptors (Lipinski definition) is 3. The fraction of sp³-hybridized carbons (Fsp3) is 0.0169. The SMILES string of the molecule is [2H]c1c([2H])c([2H])c(C2(c3ccc4sc5ccccc5c4c3)c3ccc(N(c4ccccc4)c4ccccc4)cc3-c3cc(N(c4ccccc4)c4ccc5ccccc5c4)ccc32)c([2H])c1[2H]. The Labute approximate surface area is 372 Å². The Morgan fingerprint density at radius 1 is 0.355 bits per heavy atom. The number of thiophene rings is 1. The van der Waals surface area contributed by atoms with E-state index in [0.717, 1.165) is 92.9 Å². The zero-order chi connectivity index (χ0) is 45.4. The second-order valence-electron chi connectivity index (χ2n) is 15.7. The minimum absolute atomic E-state index is 0.218. The second-order valence-corrected chi connectivity index (χ2v) is 16.8. The van der Waals surface area contributed by atoms with Crippen molar-refractivity contribution in [2.75, 3.05) is 9.80 Å². The minimum Gasteiger partial charge on any atom is -0.310 e. The van der Waals surface area contributed by atoms with Gasteiger partial charge in [-0.15, -0.1) is 11.3 Å². The molecule has 11 aromatic rings. The van der Waals surface area contributed by atoms with Gasteiger partial charge in [0.15, 0.2) is 0 Å². The van der Waals surface area contributed by atoms with E-state index in [1.807, 2.05) is 54.6 Å². The quantitative estimate of drug-likeness (QED) is 0.151. The predicted octanol–water partition coefficient (Wildman–Crippen LogP) is 16.5. The monoisotopic (exact) mass is 813 g/mol. The average molecular weight is 814 g/mol. The smallest absolute Gasteiger partial charge is 0.0713 e. The first-order valence-electron chi connectivity index (χ1n) is 23.3. The molecular formula is C59H40N2S. The standard InChI is InChI=1S/C59H40N2S/c1-5-19-43(20-6-1)59(44-30-36-58-54(38-44)51-27-15-16-28-57(51)62-58)55-34-32-49(60(45-21-7-2-8-22-45)46-23-9-3-10-24-46)39-52(55)53-40-50(33-35-56(53)59)61(47-25-11-4-12-26-47)48-31-29-41-17-13-14-18-42(41)37-48/h1-40H/i1D,5D,6D,19D,20D. The van der Waals surface area contributed by atoms with Crippen LogP contribution in [0.25, 0.3) is 42.1 Å². The highest BCUT2D eigenvalue weighted by atomic mass is 32.1. The Morgan fingerprint density at radius 3 is 1.48 bits per heavy atom. The lowest BCUT2D eigenvalue weighted by molar-refractivity contribution is 0.770. The van der Waals surface area contributed by atoms with Crippen LogP contribution in [0.4, 0.5) is 34.1 Å². The highest BCUT2D eigenvalue weighted by Gasteiger charge is 2.47. The highest BCUT2D eigenvalue weighted by Crippen LogP contribution is 2.59. The van der Waals surface area contributed by atoms with Crippen molar-refractivity contribution in [1.82, 2.24) is 0 Å². The van der Waals surface area contributed by atoms with Crippen molar-refractivity contribution in [3.05, 3.63) is 265 Å². The van der Waals surface area contributed by atoms with Crippen LogP contribution in [0.2, 0.25) is 0 Å². The third kappa shape index (κ3) is 5.78. The largest absolute Gasteiger partial charge is 0.310 e. The molecule has 1 aromatic heterocycles. The van der Waals surface area contributed by atoms with Crippen molar-refractivity contribution < 1.29 is 6.85 Å². The molecule has 0 bridgehead atoms. The molecule has 292 valence electrons. The maximum absolute atomic E-state index is 9.77. The molecule has 1 heterocycles. The molecule has 0 saturated carbocycles. The number of hydrogen-bond donors (Lipinski definition) is 0. The molecule has 0 saturated heterocycles. The Kier molecular flexibility index (Phi) is 7.43. The van der Waals surface area contributed by atoms with E-state index in [0.29, 0.717) is 0 Å². The summed E-state index contributed by atoms with van der Waals surface area (Å²) in [5.74, 6) is 0. The van der Waals surface area contributed by atoms with Crippen LogP contribution in [-0.2, 0) is 5.41 Å². The maximum Gasteiger partial charge on any atom is 0.0713 e. The fourth-order valence-electron chi connectivity index (χ4n) is 9.65. The summed E-state index contributed by atoms with van der Waals surface area (Å²) in [6.45, 7) is 0. The highest BCUT2D eigenvalue weighted by molar-refractivity contribution is 7.25. The number of para-hydroxylation sites is 3. The number of fused-ring (bicyclic) bond motifs is 7. The zero-order valence-electron chi connectivity index (χ0n) is 38.5. The first-order chi connectivity index (χ1) is 32.8. The summed E-state index contributed by atoms with van der Waals surface area (Å²) in [6.07, 6.45) is 0. The van der Waals surface area contributed by atoms with Crippen molar-refractivity contribution in [2.45, 2.75) is 5.41 Å². The topological polar surface area (TPSA) is 6.48 Å². The average Bonchev–Trinajstić information content (AvgIpc) is 3.89. The molecule has 2 nitrogen and oxygen atoms in total. The van der Waals surface area contributed by atoms with Crippen LogP contribution in [0.5, 0.6) is 0 Å². The van der Waals surface area contributed by atoms with E-state index >= 15 is 0 Å². The van der Waals surface area contributed by atoms with Crippen LogP contribution in [0, 0.1) is 0 Å². The number of rotatable bonds is 8. The normalized spacial score (nSPS) is 15.3. The Balaban J connectivity index is 1.20. The summed E-state index contributed by atoms with van der Waals surface area (Å²) < 4.78 is 48.8. The van der Waals surface area contributed by atoms with Gasteiger partial charge in [-0.2, -0.15) is 0 Å². The summed E-state index contributed by atoms with van der Waals surface area (Å²) >= 11 is 1.72. The van der Waals surface area contributed by atoms with E-state index in [1.165, 1.54) is 0 Å². The molecule has 0 N–H and O–H groups in total. The molecule has 12 rings (SSSR count). The van der Waals surface area contributed by atoms with Crippen molar-refractivity contribution in [3.63, 3.8) is 0 Å². The molecule has 0 amide bonds. The van der Waals surface area contributed by atoms with Gasteiger partial charge in [0.1, 0.15) is 0 Å². The number of nitrogens with zero attached hydrogens (tertiary/aromatic N) is 2. The molecule has 1 unspecified atom stereocenters. The molecule has 3 heteroatoms. The Morgan fingerprint density at radius 2 is 0.855 bits per heavy atom.